The topological polar surface area (TPSA) is 62.2 Å². The van der Waals surface area contributed by atoms with Gasteiger partial charge in [-0.2, -0.15) is 0 Å². The molecule has 0 saturated heterocycles. The molecule has 1 aliphatic heterocycles. The Balaban J connectivity index is 2.05. The van der Waals surface area contributed by atoms with Crippen LogP contribution in [0.2, 0.25) is 0 Å². The minimum atomic E-state index is -0.0313. The van der Waals surface area contributed by atoms with Crippen LogP contribution in [-0.2, 0) is 17.8 Å². The number of anilines is 1. The number of fused-ring (bicyclic) bond motifs is 1. The molecule has 4 nitrogen and oxygen atoms in total. The molecular weight excluding hydrogens is 248 g/mol. The summed E-state index contributed by atoms with van der Waals surface area (Å²) in [5, 5.41) is 12.6. The van der Waals surface area contributed by atoms with Crippen molar-refractivity contribution < 1.29 is 9.90 Å². The summed E-state index contributed by atoms with van der Waals surface area (Å²) >= 11 is 1.50. The number of carbonyl (C=O) groups excluding carboxylic acids is 1. The van der Waals surface area contributed by atoms with Gasteiger partial charge in [0.15, 0.2) is 0 Å². The molecule has 92 valence electrons. The van der Waals surface area contributed by atoms with Crippen LogP contribution in [0.4, 0.5) is 5.69 Å². The van der Waals surface area contributed by atoms with Crippen molar-refractivity contribution in [3.8, 4) is 11.3 Å². The average molecular weight is 260 g/mol. The lowest BCUT2D eigenvalue weighted by molar-refractivity contribution is -0.115. The number of hydrogen-bond acceptors (Lipinski definition) is 4. The van der Waals surface area contributed by atoms with Gasteiger partial charge in [-0.25, -0.2) is 4.98 Å². The van der Waals surface area contributed by atoms with Crippen molar-refractivity contribution in [2.24, 2.45) is 0 Å². The molecule has 2 aromatic rings. The summed E-state index contributed by atoms with van der Waals surface area (Å²) in [5.74, 6) is 0.0354. The van der Waals surface area contributed by atoms with Gasteiger partial charge in [-0.3, -0.25) is 4.79 Å². The first kappa shape index (κ1) is 11.4. The van der Waals surface area contributed by atoms with Gasteiger partial charge < -0.3 is 10.4 Å². The highest BCUT2D eigenvalue weighted by Crippen LogP contribution is 2.32. The van der Waals surface area contributed by atoms with Gasteiger partial charge >= 0.3 is 0 Å². The molecule has 0 atom stereocenters. The maximum Gasteiger partial charge on any atom is 0.228 e. The van der Waals surface area contributed by atoms with Crippen molar-refractivity contribution in [3.63, 3.8) is 0 Å². The van der Waals surface area contributed by atoms with Gasteiger partial charge in [0.05, 0.1) is 18.7 Å². The van der Waals surface area contributed by atoms with Crippen LogP contribution >= 0.6 is 11.3 Å². The van der Waals surface area contributed by atoms with Crippen molar-refractivity contribution in [1.29, 1.82) is 0 Å². The molecule has 0 aliphatic carbocycles. The van der Waals surface area contributed by atoms with E-state index in [0.717, 1.165) is 32.4 Å². The number of thiazole rings is 1. The van der Waals surface area contributed by atoms with E-state index in [9.17, 15) is 4.79 Å². The van der Waals surface area contributed by atoms with E-state index in [1.807, 2.05) is 25.1 Å². The number of nitrogens with one attached hydrogen (secondary N) is 1. The van der Waals surface area contributed by atoms with Gasteiger partial charge in [0.2, 0.25) is 5.91 Å². The highest BCUT2D eigenvalue weighted by Gasteiger charge is 2.19. The summed E-state index contributed by atoms with van der Waals surface area (Å²) in [4.78, 5) is 16.8. The summed E-state index contributed by atoms with van der Waals surface area (Å²) in [6.45, 7) is 1.96. The third-order valence-corrected chi connectivity index (χ3v) is 3.94. The number of benzene rings is 1. The van der Waals surface area contributed by atoms with Crippen LogP contribution < -0.4 is 5.32 Å². The standard InChI is InChI=1S/C13H12N2O2S/c1-7-13(15-12(6-16)18-7)8-2-3-10-9(4-8)5-11(17)14-10/h2-4,16H,5-6H2,1H3,(H,14,17). The number of amides is 1. The fourth-order valence-corrected chi connectivity index (χ4v) is 2.98. The minimum Gasteiger partial charge on any atom is -0.389 e. The Kier molecular flexibility index (Phi) is 2.65. The predicted molar refractivity (Wildman–Crippen MR) is 70.5 cm³/mol. The lowest BCUT2D eigenvalue weighted by atomic mass is 10.1. The quantitative estimate of drug-likeness (QED) is 0.869. The zero-order valence-electron chi connectivity index (χ0n) is 9.86. The molecule has 5 heteroatoms. The SMILES string of the molecule is Cc1sc(CO)nc1-c1ccc2c(c1)CC(=O)N2. The second-order valence-electron chi connectivity index (χ2n) is 4.27. The third kappa shape index (κ3) is 1.81. The van der Waals surface area contributed by atoms with E-state index < -0.39 is 0 Å². The largest absolute Gasteiger partial charge is 0.389 e. The van der Waals surface area contributed by atoms with Crippen LogP contribution in [-0.4, -0.2) is 16.0 Å². The van der Waals surface area contributed by atoms with E-state index in [1.54, 1.807) is 0 Å². The number of nitrogens with zero attached hydrogens (tertiary/aromatic N) is 1. The van der Waals surface area contributed by atoms with E-state index >= 15 is 0 Å². The zero-order valence-corrected chi connectivity index (χ0v) is 10.7. The zero-order chi connectivity index (χ0) is 12.7. The second-order valence-corrected chi connectivity index (χ2v) is 5.56. The summed E-state index contributed by atoms with van der Waals surface area (Å²) in [6.07, 6.45) is 0.430. The Hall–Kier alpha value is -1.72. The summed E-state index contributed by atoms with van der Waals surface area (Å²) in [7, 11) is 0. The Morgan fingerprint density at radius 1 is 1.50 bits per heavy atom. The first-order valence-electron chi connectivity index (χ1n) is 5.67. The fourth-order valence-electron chi connectivity index (χ4n) is 2.16. The van der Waals surface area contributed by atoms with Crippen LogP contribution in [0.1, 0.15) is 15.4 Å². The molecule has 0 unspecified atom stereocenters. The molecule has 3 rings (SSSR count). The number of carbonyl (C=O) groups is 1. The van der Waals surface area contributed by atoms with E-state index in [-0.39, 0.29) is 12.5 Å². The van der Waals surface area contributed by atoms with Crippen LogP contribution in [0.25, 0.3) is 11.3 Å². The lowest BCUT2D eigenvalue weighted by Crippen LogP contribution is -2.03. The van der Waals surface area contributed by atoms with Crippen LogP contribution in [0.15, 0.2) is 18.2 Å². The molecule has 2 N–H and O–H groups in total. The molecule has 0 radical (unpaired) electrons. The van der Waals surface area contributed by atoms with Gasteiger partial charge in [0, 0.05) is 16.1 Å². The van der Waals surface area contributed by atoms with E-state index in [1.165, 1.54) is 11.3 Å². The molecular formula is C13H12N2O2S. The minimum absolute atomic E-state index is 0.0313. The van der Waals surface area contributed by atoms with Crippen molar-refractivity contribution in [3.05, 3.63) is 33.6 Å². The third-order valence-electron chi connectivity index (χ3n) is 2.98. The summed E-state index contributed by atoms with van der Waals surface area (Å²) < 4.78 is 0. The molecule has 1 aliphatic rings. The molecule has 2 heterocycles. The molecule has 0 spiro atoms. The number of aryl methyl sites for hydroxylation is 1. The molecule has 0 saturated carbocycles. The molecule has 1 amide bonds. The maximum atomic E-state index is 11.3. The maximum absolute atomic E-state index is 11.3. The predicted octanol–water partition coefficient (Wildman–Crippen LogP) is 2.11. The summed E-state index contributed by atoms with van der Waals surface area (Å²) in [5.41, 5.74) is 3.79. The Labute approximate surface area is 108 Å². The number of aliphatic hydroxyl groups is 1. The first-order valence-corrected chi connectivity index (χ1v) is 6.49. The normalized spacial score (nSPS) is 13.6. The van der Waals surface area contributed by atoms with Crippen molar-refractivity contribution in [2.75, 3.05) is 5.32 Å². The monoisotopic (exact) mass is 260 g/mol. The number of hydrogen-bond donors (Lipinski definition) is 2. The van der Waals surface area contributed by atoms with Gasteiger partial charge in [0.1, 0.15) is 5.01 Å². The Morgan fingerprint density at radius 3 is 3.06 bits per heavy atom. The summed E-state index contributed by atoms with van der Waals surface area (Å²) in [6, 6.07) is 5.86. The van der Waals surface area contributed by atoms with Crippen molar-refractivity contribution >= 4 is 22.9 Å². The molecule has 1 aromatic carbocycles. The number of aromatic nitrogens is 1. The number of aliphatic hydroxyl groups excluding tert-OH is 1. The molecule has 0 bridgehead atoms. The highest BCUT2D eigenvalue weighted by atomic mass is 32.1. The molecule has 18 heavy (non-hydrogen) atoms. The second kappa shape index (κ2) is 4.19. The van der Waals surface area contributed by atoms with Crippen molar-refractivity contribution in [1.82, 2.24) is 4.98 Å². The Bertz CT molecular complexity index is 634. The van der Waals surface area contributed by atoms with Gasteiger partial charge in [-0.15, -0.1) is 11.3 Å². The smallest absolute Gasteiger partial charge is 0.228 e. The van der Waals surface area contributed by atoms with Crippen LogP contribution in [0.3, 0.4) is 0 Å². The molecule has 1 aromatic heterocycles. The van der Waals surface area contributed by atoms with Gasteiger partial charge in [-0.05, 0) is 24.6 Å². The fraction of sp³-hybridized carbons (Fsp3) is 0.231. The number of rotatable bonds is 2. The van der Waals surface area contributed by atoms with E-state index in [0.29, 0.717) is 6.42 Å². The van der Waals surface area contributed by atoms with E-state index in [2.05, 4.69) is 10.3 Å². The first-order chi connectivity index (χ1) is 8.67. The molecule has 0 fully saturated rings. The van der Waals surface area contributed by atoms with E-state index in [4.69, 9.17) is 5.11 Å². The van der Waals surface area contributed by atoms with Crippen LogP contribution in [0, 0.1) is 6.92 Å². The van der Waals surface area contributed by atoms with Gasteiger partial charge in [0.25, 0.3) is 0 Å². The van der Waals surface area contributed by atoms with Crippen LogP contribution in [0.5, 0.6) is 0 Å². The Morgan fingerprint density at radius 2 is 2.33 bits per heavy atom. The average Bonchev–Trinajstić information content (AvgIpc) is 2.89. The van der Waals surface area contributed by atoms with Gasteiger partial charge in [-0.1, -0.05) is 6.07 Å². The van der Waals surface area contributed by atoms with Crippen molar-refractivity contribution in [2.45, 2.75) is 20.0 Å². The lowest BCUT2D eigenvalue weighted by Gasteiger charge is -2.02. The highest BCUT2D eigenvalue weighted by molar-refractivity contribution is 7.12.